The van der Waals surface area contributed by atoms with Crippen LogP contribution in [0.4, 0.5) is 0 Å². The Kier molecular flexibility index (Phi) is 10.2. The topological polar surface area (TPSA) is 107 Å². The standard InChI is InChI=1S/C25H26O9/c1-29-20-7-9-22(31-3)17(13-20)5-11-24(27)33-15-19(26)16-34-25(28)12-6-18-14-21(30-2)8-10-23(18)32-4/h5-14H,15-16H2,1-4H3/b11-5+,12-6+. The van der Waals surface area contributed by atoms with Gasteiger partial charge < -0.3 is 28.4 Å². The Hall–Kier alpha value is -4.27. The maximum Gasteiger partial charge on any atom is 0.331 e. The fourth-order valence-electron chi connectivity index (χ4n) is 2.70. The number of ketones is 1. The smallest absolute Gasteiger partial charge is 0.331 e. The normalized spacial score (nSPS) is 10.7. The number of esters is 2. The van der Waals surface area contributed by atoms with Crippen molar-refractivity contribution in [1.29, 1.82) is 0 Å². The van der Waals surface area contributed by atoms with E-state index in [1.54, 1.807) is 36.4 Å². The minimum absolute atomic E-state index is 0.535. The number of carbonyl (C=O) groups is 3. The van der Waals surface area contributed by atoms with Gasteiger partial charge in [0.25, 0.3) is 0 Å². The molecule has 9 nitrogen and oxygen atoms in total. The van der Waals surface area contributed by atoms with Gasteiger partial charge in [0.2, 0.25) is 5.78 Å². The van der Waals surface area contributed by atoms with Gasteiger partial charge in [0.05, 0.1) is 28.4 Å². The van der Waals surface area contributed by atoms with E-state index in [0.29, 0.717) is 34.1 Å². The molecule has 0 aliphatic rings. The van der Waals surface area contributed by atoms with E-state index in [9.17, 15) is 14.4 Å². The van der Waals surface area contributed by atoms with Crippen LogP contribution in [0.15, 0.2) is 48.6 Å². The van der Waals surface area contributed by atoms with Gasteiger partial charge in [-0.15, -0.1) is 0 Å². The highest BCUT2D eigenvalue weighted by Crippen LogP contribution is 2.26. The second-order valence-corrected chi connectivity index (χ2v) is 6.64. The Labute approximate surface area is 197 Å². The highest BCUT2D eigenvalue weighted by Gasteiger charge is 2.10. The van der Waals surface area contributed by atoms with Crippen molar-refractivity contribution in [1.82, 2.24) is 0 Å². The van der Waals surface area contributed by atoms with Gasteiger partial charge in [-0.1, -0.05) is 0 Å². The van der Waals surface area contributed by atoms with Crippen molar-refractivity contribution in [3.63, 3.8) is 0 Å². The van der Waals surface area contributed by atoms with Crippen LogP contribution in [0.5, 0.6) is 23.0 Å². The summed E-state index contributed by atoms with van der Waals surface area (Å²) in [5.41, 5.74) is 1.19. The van der Waals surface area contributed by atoms with Crippen LogP contribution in [-0.4, -0.2) is 59.4 Å². The number of hydrogen-bond acceptors (Lipinski definition) is 9. The number of carbonyl (C=O) groups excluding carboxylic acids is 3. The van der Waals surface area contributed by atoms with Gasteiger partial charge in [0, 0.05) is 23.3 Å². The lowest BCUT2D eigenvalue weighted by atomic mass is 10.1. The summed E-state index contributed by atoms with van der Waals surface area (Å²) in [7, 11) is 6.04. The monoisotopic (exact) mass is 470 g/mol. The van der Waals surface area contributed by atoms with Gasteiger partial charge in [-0.3, -0.25) is 4.79 Å². The number of methoxy groups -OCH3 is 4. The van der Waals surface area contributed by atoms with E-state index in [1.807, 2.05) is 0 Å². The van der Waals surface area contributed by atoms with E-state index < -0.39 is 30.9 Å². The molecule has 0 radical (unpaired) electrons. The first kappa shape index (κ1) is 26.0. The average Bonchev–Trinajstić information content (AvgIpc) is 2.87. The van der Waals surface area contributed by atoms with Gasteiger partial charge in [-0.2, -0.15) is 0 Å². The minimum atomic E-state index is -0.741. The number of ether oxygens (including phenoxy) is 6. The molecule has 2 aromatic carbocycles. The molecule has 0 amide bonds. The van der Waals surface area contributed by atoms with Crippen molar-refractivity contribution in [2.24, 2.45) is 0 Å². The molecule has 180 valence electrons. The zero-order valence-corrected chi connectivity index (χ0v) is 19.4. The van der Waals surface area contributed by atoms with Crippen LogP contribution in [0.2, 0.25) is 0 Å². The predicted octanol–water partition coefficient (Wildman–Crippen LogP) is 3.10. The number of benzene rings is 2. The van der Waals surface area contributed by atoms with E-state index in [-0.39, 0.29) is 0 Å². The Morgan fingerprint density at radius 3 is 1.41 bits per heavy atom. The van der Waals surface area contributed by atoms with Crippen LogP contribution >= 0.6 is 0 Å². The van der Waals surface area contributed by atoms with Crippen molar-refractivity contribution in [2.75, 3.05) is 41.7 Å². The van der Waals surface area contributed by atoms with Crippen LogP contribution in [-0.2, 0) is 23.9 Å². The summed E-state index contributed by atoms with van der Waals surface area (Å²) in [6.45, 7) is -1.09. The van der Waals surface area contributed by atoms with Crippen LogP contribution in [0.3, 0.4) is 0 Å². The zero-order valence-electron chi connectivity index (χ0n) is 19.4. The van der Waals surface area contributed by atoms with Crippen molar-refractivity contribution < 1.29 is 42.8 Å². The summed E-state index contributed by atoms with van der Waals surface area (Å²) >= 11 is 0. The summed E-state index contributed by atoms with van der Waals surface area (Å²) in [5, 5.41) is 0. The summed E-state index contributed by atoms with van der Waals surface area (Å²) in [6, 6.07) is 10.2. The molecule has 0 bridgehead atoms. The van der Waals surface area contributed by atoms with Gasteiger partial charge in [0.1, 0.15) is 23.0 Å². The maximum atomic E-state index is 11.9. The highest BCUT2D eigenvalue weighted by atomic mass is 16.6. The lowest BCUT2D eigenvalue weighted by Gasteiger charge is -2.07. The summed E-state index contributed by atoms with van der Waals surface area (Å²) < 4.78 is 30.5. The third kappa shape index (κ3) is 8.01. The molecule has 0 atom stereocenters. The Balaban J connectivity index is 1.82. The summed E-state index contributed by atoms with van der Waals surface area (Å²) in [6.07, 6.45) is 5.26. The molecule has 0 fully saturated rings. The highest BCUT2D eigenvalue weighted by molar-refractivity contribution is 5.92. The molecule has 9 heteroatoms. The molecule has 34 heavy (non-hydrogen) atoms. The van der Waals surface area contributed by atoms with Gasteiger partial charge >= 0.3 is 11.9 Å². The quantitative estimate of drug-likeness (QED) is 0.342. The van der Waals surface area contributed by atoms with Crippen LogP contribution in [0.1, 0.15) is 11.1 Å². The van der Waals surface area contributed by atoms with Gasteiger partial charge in [-0.05, 0) is 48.6 Å². The third-order valence-electron chi connectivity index (χ3n) is 4.42. The predicted molar refractivity (Wildman–Crippen MR) is 124 cm³/mol. The first-order chi connectivity index (χ1) is 16.4. The van der Waals surface area contributed by atoms with Crippen LogP contribution in [0, 0.1) is 0 Å². The van der Waals surface area contributed by atoms with Crippen molar-refractivity contribution in [2.45, 2.75) is 0 Å². The van der Waals surface area contributed by atoms with E-state index in [0.717, 1.165) is 12.2 Å². The molecule has 2 aromatic rings. The molecular weight excluding hydrogens is 444 g/mol. The average molecular weight is 470 g/mol. The first-order valence-electron chi connectivity index (χ1n) is 10.1. The SMILES string of the molecule is COc1ccc(OC)c(/C=C/C(=O)OCC(=O)COC(=O)/C=C/c2cc(OC)ccc2OC)c1. The molecule has 0 aliphatic carbocycles. The van der Waals surface area contributed by atoms with E-state index >= 15 is 0 Å². The summed E-state index contributed by atoms with van der Waals surface area (Å²) in [5.74, 6) is 0.180. The van der Waals surface area contributed by atoms with E-state index in [4.69, 9.17) is 28.4 Å². The molecule has 2 rings (SSSR count). The molecule has 0 aromatic heterocycles. The van der Waals surface area contributed by atoms with Gasteiger partial charge in [-0.25, -0.2) is 9.59 Å². The zero-order chi connectivity index (χ0) is 24.9. The number of hydrogen-bond donors (Lipinski definition) is 0. The molecular formula is C25H26O9. The van der Waals surface area contributed by atoms with Crippen molar-refractivity contribution in [3.8, 4) is 23.0 Å². The van der Waals surface area contributed by atoms with Crippen LogP contribution in [0.25, 0.3) is 12.2 Å². The molecule has 0 heterocycles. The second-order valence-electron chi connectivity index (χ2n) is 6.64. The molecule has 0 N–H and O–H groups in total. The molecule has 0 saturated heterocycles. The minimum Gasteiger partial charge on any atom is -0.497 e. The fourth-order valence-corrected chi connectivity index (χ4v) is 2.70. The molecule has 0 spiro atoms. The first-order valence-corrected chi connectivity index (χ1v) is 10.1. The Morgan fingerprint density at radius 2 is 1.06 bits per heavy atom. The van der Waals surface area contributed by atoms with E-state index in [2.05, 4.69) is 0 Å². The second kappa shape index (κ2) is 13.3. The summed E-state index contributed by atoms with van der Waals surface area (Å²) in [4.78, 5) is 35.7. The van der Waals surface area contributed by atoms with Crippen LogP contribution < -0.4 is 18.9 Å². The molecule has 0 saturated carbocycles. The third-order valence-corrected chi connectivity index (χ3v) is 4.42. The van der Waals surface area contributed by atoms with Crippen molar-refractivity contribution in [3.05, 3.63) is 59.7 Å². The Bertz CT molecular complexity index is 987. The maximum absolute atomic E-state index is 11.9. The lowest BCUT2D eigenvalue weighted by Crippen LogP contribution is -2.19. The van der Waals surface area contributed by atoms with Gasteiger partial charge in [0.15, 0.2) is 13.2 Å². The largest absolute Gasteiger partial charge is 0.497 e. The fraction of sp³-hybridized carbons (Fsp3) is 0.240. The number of rotatable bonds is 12. The van der Waals surface area contributed by atoms with E-state index in [1.165, 1.54) is 40.6 Å². The lowest BCUT2D eigenvalue weighted by molar-refractivity contribution is -0.148. The molecule has 0 aliphatic heterocycles. The van der Waals surface area contributed by atoms with Crippen molar-refractivity contribution >= 4 is 29.9 Å². The Morgan fingerprint density at radius 1 is 0.647 bits per heavy atom. The number of Topliss-reactive ketones (excluding diaryl/α,β-unsaturated/α-hetero) is 1. The molecule has 0 unspecified atom stereocenters.